The number of hydrazone groups is 1. The second-order valence-electron chi connectivity index (χ2n) is 7.42. The topological polar surface area (TPSA) is 118 Å². The van der Waals surface area contributed by atoms with Crippen LogP contribution in [-0.4, -0.2) is 37.7 Å². The Morgan fingerprint density at radius 3 is 2.29 bits per heavy atom. The first-order valence-corrected chi connectivity index (χ1v) is 10.8. The van der Waals surface area contributed by atoms with Crippen LogP contribution in [-0.2, 0) is 14.4 Å². The molecule has 180 valence electrons. The summed E-state index contributed by atoms with van der Waals surface area (Å²) in [6.07, 6.45) is 1.36. The van der Waals surface area contributed by atoms with Crippen molar-refractivity contribution in [3.63, 3.8) is 0 Å². The molecule has 0 saturated heterocycles. The van der Waals surface area contributed by atoms with Crippen LogP contribution >= 0.6 is 0 Å². The number of amides is 3. The van der Waals surface area contributed by atoms with Gasteiger partial charge in [0.15, 0.2) is 18.1 Å². The second kappa shape index (κ2) is 12.5. The average molecular weight is 475 g/mol. The average Bonchev–Trinajstić information content (AvgIpc) is 2.88. The maximum Gasteiger partial charge on any atom is 0.329 e. The minimum atomic E-state index is -0.889. The Morgan fingerprint density at radius 1 is 0.914 bits per heavy atom. The van der Waals surface area contributed by atoms with E-state index in [4.69, 9.17) is 9.47 Å². The van der Waals surface area contributed by atoms with Crippen LogP contribution in [0.15, 0.2) is 84.0 Å². The number of methoxy groups -OCH3 is 1. The molecule has 0 bridgehead atoms. The van der Waals surface area contributed by atoms with Gasteiger partial charge in [-0.2, -0.15) is 5.10 Å². The first-order chi connectivity index (χ1) is 17.0. The number of carbonyl (C=O) groups excluding carboxylic acids is 3. The molecule has 3 aromatic carbocycles. The summed E-state index contributed by atoms with van der Waals surface area (Å²) < 4.78 is 10.9. The van der Waals surface area contributed by atoms with Crippen LogP contribution in [0.2, 0.25) is 0 Å². The largest absolute Gasteiger partial charge is 0.493 e. The Morgan fingerprint density at radius 2 is 1.60 bits per heavy atom. The molecule has 1 atom stereocenters. The monoisotopic (exact) mass is 474 g/mol. The molecule has 0 aromatic heterocycles. The predicted octanol–water partition coefficient (Wildman–Crippen LogP) is 3.04. The summed E-state index contributed by atoms with van der Waals surface area (Å²) in [7, 11) is 1.47. The van der Waals surface area contributed by atoms with Gasteiger partial charge >= 0.3 is 11.8 Å². The minimum Gasteiger partial charge on any atom is -0.493 e. The lowest BCUT2D eigenvalue weighted by atomic mass is 10.1. The maximum absolute atomic E-state index is 12.1. The zero-order valence-electron chi connectivity index (χ0n) is 19.4. The zero-order valence-corrected chi connectivity index (χ0v) is 19.4. The van der Waals surface area contributed by atoms with Crippen LogP contribution in [0.1, 0.15) is 24.1 Å². The van der Waals surface area contributed by atoms with E-state index < -0.39 is 11.8 Å². The third kappa shape index (κ3) is 7.71. The molecule has 1 unspecified atom stereocenters. The molecule has 0 spiro atoms. The van der Waals surface area contributed by atoms with E-state index >= 15 is 0 Å². The lowest BCUT2D eigenvalue weighted by Crippen LogP contribution is -2.39. The Hall–Kier alpha value is -4.66. The molecule has 0 heterocycles. The normalized spacial score (nSPS) is 11.4. The first-order valence-electron chi connectivity index (χ1n) is 10.8. The number of anilines is 1. The van der Waals surface area contributed by atoms with Crippen molar-refractivity contribution in [1.29, 1.82) is 0 Å². The summed E-state index contributed by atoms with van der Waals surface area (Å²) in [5, 5.41) is 9.17. The van der Waals surface area contributed by atoms with Gasteiger partial charge in [0.05, 0.1) is 19.4 Å². The summed E-state index contributed by atoms with van der Waals surface area (Å²) >= 11 is 0. The van der Waals surface area contributed by atoms with E-state index in [2.05, 4.69) is 21.2 Å². The Balaban J connectivity index is 1.50. The number of hydrogen-bond donors (Lipinski definition) is 3. The standard InChI is InChI=1S/C26H26N4O5/c1-18(20-9-5-3-6-10-20)28-25(32)26(33)30-27-16-19-13-14-22(23(15-19)34-2)35-17-24(31)29-21-11-7-4-8-12-21/h3-16,18H,17H2,1-2H3,(H,28,32)(H,29,31)(H,30,33)/b27-16+. The fraction of sp³-hybridized carbons (Fsp3) is 0.154. The highest BCUT2D eigenvalue weighted by atomic mass is 16.5. The molecule has 9 heteroatoms. The summed E-state index contributed by atoms with van der Waals surface area (Å²) in [4.78, 5) is 36.2. The van der Waals surface area contributed by atoms with Crippen LogP contribution < -0.4 is 25.5 Å². The Bertz CT molecular complexity index is 1180. The van der Waals surface area contributed by atoms with Crippen molar-refractivity contribution in [2.24, 2.45) is 5.10 Å². The van der Waals surface area contributed by atoms with Gasteiger partial charge in [-0.3, -0.25) is 14.4 Å². The van der Waals surface area contributed by atoms with E-state index in [0.717, 1.165) is 5.56 Å². The number of carbonyl (C=O) groups is 3. The molecule has 0 aliphatic carbocycles. The number of ether oxygens (including phenoxy) is 2. The second-order valence-corrected chi connectivity index (χ2v) is 7.42. The van der Waals surface area contributed by atoms with E-state index in [1.165, 1.54) is 13.3 Å². The highest BCUT2D eigenvalue weighted by Crippen LogP contribution is 2.27. The van der Waals surface area contributed by atoms with Crippen molar-refractivity contribution in [1.82, 2.24) is 10.7 Å². The quantitative estimate of drug-likeness (QED) is 0.250. The van der Waals surface area contributed by atoms with Crippen LogP contribution in [0, 0.1) is 0 Å². The summed E-state index contributed by atoms with van der Waals surface area (Å²) in [6, 6.07) is 22.9. The van der Waals surface area contributed by atoms with Gasteiger partial charge < -0.3 is 20.1 Å². The zero-order chi connectivity index (χ0) is 25.0. The highest BCUT2D eigenvalue weighted by molar-refractivity contribution is 6.35. The fourth-order valence-corrected chi connectivity index (χ4v) is 3.05. The molecule has 3 amide bonds. The molecule has 0 aliphatic heterocycles. The van der Waals surface area contributed by atoms with Gasteiger partial charge in [0.25, 0.3) is 5.91 Å². The van der Waals surface area contributed by atoms with Gasteiger partial charge in [0, 0.05) is 5.69 Å². The van der Waals surface area contributed by atoms with E-state index in [1.54, 1.807) is 37.3 Å². The molecule has 0 aliphatic rings. The van der Waals surface area contributed by atoms with Gasteiger partial charge in [-0.1, -0.05) is 48.5 Å². The van der Waals surface area contributed by atoms with Crippen molar-refractivity contribution in [3.8, 4) is 11.5 Å². The molecule has 0 fully saturated rings. The highest BCUT2D eigenvalue weighted by Gasteiger charge is 2.16. The lowest BCUT2D eigenvalue weighted by molar-refractivity contribution is -0.139. The fourth-order valence-electron chi connectivity index (χ4n) is 3.05. The molecule has 3 rings (SSSR count). The van der Waals surface area contributed by atoms with E-state index in [9.17, 15) is 14.4 Å². The summed E-state index contributed by atoms with van der Waals surface area (Å²) in [5.41, 5.74) is 4.33. The third-order valence-electron chi connectivity index (χ3n) is 4.84. The van der Waals surface area contributed by atoms with Crippen LogP contribution in [0.5, 0.6) is 11.5 Å². The number of hydrogen-bond acceptors (Lipinski definition) is 6. The number of benzene rings is 3. The molecule has 35 heavy (non-hydrogen) atoms. The minimum absolute atomic E-state index is 0.203. The molecule has 3 N–H and O–H groups in total. The molecule has 0 saturated carbocycles. The van der Waals surface area contributed by atoms with Gasteiger partial charge in [-0.25, -0.2) is 5.43 Å². The van der Waals surface area contributed by atoms with Crippen LogP contribution in [0.3, 0.4) is 0 Å². The van der Waals surface area contributed by atoms with Gasteiger partial charge in [-0.15, -0.1) is 0 Å². The Kier molecular flexibility index (Phi) is 8.95. The SMILES string of the molecule is COc1cc(/C=N/NC(=O)C(=O)NC(C)c2ccccc2)ccc1OCC(=O)Nc1ccccc1. The van der Waals surface area contributed by atoms with E-state index in [1.807, 2.05) is 48.5 Å². The van der Waals surface area contributed by atoms with E-state index in [-0.39, 0.29) is 18.6 Å². The Labute approximate surface area is 203 Å². The number of nitrogens with one attached hydrogen (secondary N) is 3. The van der Waals surface area contributed by atoms with Gasteiger partial charge in [-0.05, 0) is 48.4 Å². The van der Waals surface area contributed by atoms with E-state index in [0.29, 0.717) is 22.7 Å². The maximum atomic E-state index is 12.1. The van der Waals surface area contributed by atoms with Gasteiger partial charge in [0.2, 0.25) is 0 Å². The molecule has 9 nitrogen and oxygen atoms in total. The summed E-state index contributed by atoms with van der Waals surface area (Å²) in [6.45, 7) is 1.58. The van der Waals surface area contributed by atoms with Crippen LogP contribution in [0.4, 0.5) is 5.69 Å². The number of rotatable bonds is 9. The molecular weight excluding hydrogens is 448 g/mol. The molecule has 0 radical (unpaired) electrons. The van der Waals surface area contributed by atoms with Crippen LogP contribution in [0.25, 0.3) is 0 Å². The number of nitrogens with zero attached hydrogens (tertiary/aromatic N) is 1. The summed E-state index contributed by atoms with van der Waals surface area (Å²) in [5.74, 6) is -1.26. The van der Waals surface area contributed by atoms with Crippen molar-refractivity contribution in [2.75, 3.05) is 19.0 Å². The van der Waals surface area contributed by atoms with Crippen molar-refractivity contribution in [2.45, 2.75) is 13.0 Å². The smallest absolute Gasteiger partial charge is 0.329 e. The first kappa shape index (κ1) is 25.0. The lowest BCUT2D eigenvalue weighted by Gasteiger charge is -2.13. The van der Waals surface area contributed by atoms with Crippen molar-refractivity contribution >= 4 is 29.6 Å². The number of para-hydroxylation sites is 1. The molecule has 3 aromatic rings. The van der Waals surface area contributed by atoms with Gasteiger partial charge in [0.1, 0.15) is 0 Å². The predicted molar refractivity (Wildman–Crippen MR) is 132 cm³/mol. The molecular formula is C26H26N4O5. The van der Waals surface area contributed by atoms with Crippen molar-refractivity contribution in [3.05, 3.63) is 90.0 Å². The third-order valence-corrected chi connectivity index (χ3v) is 4.84. The van der Waals surface area contributed by atoms with Crippen molar-refractivity contribution < 1.29 is 23.9 Å².